The SMILES string of the molecule is CCC(C)c1ccc(NC(=S)Nc2cccc(Cl)c2)cc1. The predicted molar refractivity (Wildman–Crippen MR) is 96.4 cm³/mol. The fraction of sp³-hybridized carbons (Fsp3) is 0.235. The third-order valence-corrected chi connectivity index (χ3v) is 3.87. The largest absolute Gasteiger partial charge is 0.332 e. The van der Waals surface area contributed by atoms with Crippen molar-refractivity contribution in [3.8, 4) is 0 Å². The third-order valence-electron chi connectivity index (χ3n) is 3.43. The number of halogens is 1. The summed E-state index contributed by atoms with van der Waals surface area (Å²) in [4.78, 5) is 0. The maximum atomic E-state index is 5.95. The van der Waals surface area contributed by atoms with E-state index in [0.717, 1.165) is 17.8 Å². The summed E-state index contributed by atoms with van der Waals surface area (Å²) in [6, 6.07) is 15.8. The van der Waals surface area contributed by atoms with Gasteiger partial charge in [0.25, 0.3) is 0 Å². The molecule has 0 fully saturated rings. The van der Waals surface area contributed by atoms with Crippen LogP contribution in [-0.2, 0) is 0 Å². The summed E-state index contributed by atoms with van der Waals surface area (Å²) in [6.45, 7) is 4.43. The number of thiocarbonyl (C=S) groups is 1. The molecule has 0 radical (unpaired) electrons. The number of rotatable bonds is 4. The summed E-state index contributed by atoms with van der Waals surface area (Å²) >= 11 is 11.2. The Kier molecular flexibility index (Phi) is 5.59. The Morgan fingerprint density at radius 1 is 1.10 bits per heavy atom. The highest BCUT2D eigenvalue weighted by Gasteiger charge is 2.03. The van der Waals surface area contributed by atoms with Gasteiger partial charge in [0, 0.05) is 16.4 Å². The number of nitrogens with one attached hydrogen (secondary N) is 2. The van der Waals surface area contributed by atoms with Crippen LogP contribution in [0.3, 0.4) is 0 Å². The molecule has 1 atom stereocenters. The molecule has 21 heavy (non-hydrogen) atoms. The van der Waals surface area contributed by atoms with Gasteiger partial charge in [0.1, 0.15) is 0 Å². The predicted octanol–water partition coefficient (Wildman–Crippen LogP) is 5.66. The molecule has 2 N–H and O–H groups in total. The minimum Gasteiger partial charge on any atom is -0.332 e. The molecule has 0 aliphatic heterocycles. The summed E-state index contributed by atoms with van der Waals surface area (Å²) in [5.74, 6) is 0.579. The molecule has 4 heteroatoms. The van der Waals surface area contributed by atoms with Crippen LogP contribution in [0.25, 0.3) is 0 Å². The molecule has 0 aliphatic rings. The van der Waals surface area contributed by atoms with Crippen LogP contribution in [0.5, 0.6) is 0 Å². The molecule has 2 aromatic carbocycles. The van der Waals surface area contributed by atoms with Crippen LogP contribution in [0.15, 0.2) is 48.5 Å². The Morgan fingerprint density at radius 3 is 2.38 bits per heavy atom. The van der Waals surface area contributed by atoms with Gasteiger partial charge in [-0.25, -0.2) is 0 Å². The van der Waals surface area contributed by atoms with Gasteiger partial charge in [-0.05, 0) is 60.5 Å². The van der Waals surface area contributed by atoms with E-state index in [0.29, 0.717) is 16.1 Å². The van der Waals surface area contributed by atoms with E-state index in [-0.39, 0.29) is 0 Å². The molecule has 0 bridgehead atoms. The summed E-state index contributed by atoms with van der Waals surface area (Å²) in [5.41, 5.74) is 3.19. The van der Waals surface area contributed by atoms with E-state index in [2.05, 4.69) is 36.6 Å². The first-order valence-electron chi connectivity index (χ1n) is 7.02. The van der Waals surface area contributed by atoms with Gasteiger partial charge in [0.05, 0.1) is 0 Å². The molecule has 2 aromatic rings. The smallest absolute Gasteiger partial charge is 0.175 e. The lowest BCUT2D eigenvalue weighted by molar-refractivity contribution is 0.734. The highest BCUT2D eigenvalue weighted by Crippen LogP contribution is 2.21. The molecule has 1 unspecified atom stereocenters. The monoisotopic (exact) mass is 318 g/mol. The van der Waals surface area contributed by atoms with Crippen molar-refractivity contribution in [1.82, 2.24) is 0 Å². The van der Waals surface area contributed by atoms with Crippen LogP contribution >= 0.6 is 23.8 Å². The van der Waals surface area contributed by atoms with E-state index >= 15 is 0 Å². The van der Waals surface area contributed by atoms with E-state index in [1.54, 1.807) is 0 Å². The average Bonchev–Trinajstić information content (AvgIpc) is 2.47. The minimum absolute atomic E-state index is 0.550. The summed E-state index contributed by atoms with van der Waals surface area (Å²) in [6.07, 6.45) is 1.14. The molecular weight excluding hydrogens is 300 g/mol. The topological polar surface area (TPSA) is 24.1 Å². The number of benzene rings is 2. The standard InChI is InChI=1S/C17H19ClN2S/c1-3-12(2)13-7-9-15(10-8-13)19-17(21)20-16-6-4-5-14(18)11-16/h4-12H,3H2,1-2H3,(H2,19,20,21). The fourth-order valence-electron chi connectivity index (χ4n) is 1.99. The highest BCUT2D eigenvalue weighted by molar-refractivity contribution is 7.80. The first-order valence-corrected chi connectivity index (χ1v) is 7.80. The van der Waals surface area contributed by atoms with Crippen LogP contribution in [-0.4, -0.2) is 5.11 Å². The van der Waals surface area contributed by atoms with Crippen molar-refractivity contribution in [2.75, 3.05) is 10.6 Å². The van der Waals surface area contributed by atoms with Gasteiger partial charge in [0.2, 0.25) is 0 Å². The minimum atomic E-state index is 0.550. The van der Waals surface area contributed by atoms with Crippen molar-refractivity contribution in [3.63, 3.8) is 0 Å². The van der Waals surface area contributed by atoms with E-state index in [1.807, 2.05) is 36.4 Å². The Balaban J connectivity index is 1.96. The Bertz CT molecular complexity index is 610. The molecule has 0 aliphatic carbocycles. The van der Waals surface area contributed by atoms with Gasteiger partial charge < -0.3 is 10.6 Å². The second-order valence-corrected chi connectivity index (χ2v) is 5.87. The molecule has 110 valence electrons. The van der Waals surface area contributed by atoms with Crippen molar-refractivity contribution >= 4 is 40.3 Å². The maximum absolute atomic E-state index is 5.95. The van der Waals surface area contributed by atoms with E-state index < -0.39 is 0 Å². The lowest BCUT2D eigenvalue weighted by atomic mass is 9.99. The van der Waals surface area contributed by atoms with Crippen LogP contribution < -0.4 is 10.6 Å². The number of anilines is 2. The van der Waals surface area contributed by atoms with Gasteiger partial charge in [-0.15, -0.1) is 0 Å². The maximum Gasteiger partial charge on any atom is 0.175 e. The quantitative estimate of drug-likeness (QED) is 0.711. The Morgan fingerprint density at radius 2 is 1.76 bits per heavy atom. The van der Waals surface area contributed by atoms with Crippen LogP contribution in [0, 0.1) is 0 Å². The normalized spacial score (nSPS) is 11.8. The van der Waals surface area contributed by atoms with Crippen molar-refractivity contribution in [1.29, 1.82) is 0 Å². The third kappa shape index (κ3) is 4.73. The molecule has 0 saturated carbocycles. The second-order valence-electron chi connectivity index (χ2n) is 5.02. The lowest BCUT2D eigenvalue weighted by Gasteiger charge is -2.13. The first-order chi connectivity index (χ1) is 10.1. The second kappa shape index (κ2) is 7.43. The Hall–Kier alpha value is -1.58. The molecule has 0 amide bonds. The van der Waals surface area contributed by atoms with Gasteiger partial charge in [0.15, 0.2) is 5.11 Å². The summed E-state index contributed by atoms with van der Waals surface area (Å²) < 4.78 is 0. The highest BCUT2D eigenvalue weighted by atomic mass is 35.5. The molecule has 2 rings (SSSR count). The van der Waals surface area contributed by atoms with E-state index in [1.165, 1.54) is 5.56 Å². The number of hydrogen-bond donors (Lipinski definition) is 2. The average molecular weight is 319 g/mol. The lowest BCUT2D eigenvalue weighted by Crippen LogP contribution is -2.18. The number of hydrogen-bond acceptors (Lipinski definition) is 1. The molecule has 2 nitrogen and oxygen atoms in total. The van der Waals surface area contributed by atoms with Crippen molar-refractivity contribution < 1.29 is 0 Å². The van der Waals surface area contributed by atoms with Crippen molar-refractivity contribution in [2.45, 2.75) is 26.2 Å². The molecule has 0 heterocycles. The van der Waals surface area contributed by atoms with Crippen molar-refractivity contribution in [2.24, 2.45) is 0 Å². The zero-order valence-electron chi connectivity index (χ0n) is 12.2. The van der Waals surface area contributed by atoms with Crippen molar-refractivity contribution in [3.05, 3.63) is 59.1 Å². The van der Waals surface area contributed by atoms with Crippen LogP contribution in [0.2, 0.25) is 5.02 Å². The molecular formula is C17H19ClN2S. The zero-order chi connectivity index (χ0) is 15.2. The molecule has 0 saturated heterocycles. The molecule has 0 aromatic heterocycles. The van der Waals surface area contributed by atoms with Gasteiger partial charge in [-0.3, -0.25) is 0 Å². The summed E-state index contributed by atoms with van der Waals surface area (Å²) in [5, 5.41) is 7.52. The zero-order valence-corrected chi connectivity index (χ0v) is 13.8. The van der Waals surface area contributed by atoms with Gasteiger partial charge in [-0.2, -0.15) is 0 Å². The Labute approximate surface area is 136 Å². The fourth-order valence-corrected chi connectivity index (χ4v) is 2.42. The van der Waals surface area contributed by atoms with Crippen LogP contribution in [0.4, 0.5) is 11.4 Å². The van der Waals surface area contributed by atoms with Gasteiger partial charge in [-0.1, -0.05) is 43.6 Å². The van der Waals surface area contributed by atoms with E-state index in [4.69, 9.17) is 23.8 Å². The van der Waals surface area contributed by atoms with Gasteiger partial charge >= 0.3 is 0 Å². The van der Waals surface area contributed by atoms with Crippen LogP contribution in [0.1, 0.15) is 31.7 Å². The molecule has 0 spiro atoms. The first kappa shape index (κ1) is 15.8. The summed E-state index contributed by atoms with van der Waals surface area (Å²) in [7, 11) is 0. The van der Waals surface area contributed by atoms with E-state index in [9.17, 15) is 0 Å².